The van der Waals surface area contributed by atoms with Crippen LogP contribution in [0, 0.1) is 6.92 Å². The van der Waals surface area contributed by atoms with Crippen molar-refractivity contribution in [1.29, 1.82) is 0 Å². The maximum Gasteiger partial charge on any atom is 0.337 e. The molecule has 1 heterocycles. The van der Waals surface area contributed by atoms with Crippen LogP contribution in [-0.2, 0) is 19.5 Å². The number of ether oxygens (including phenoxy) is 2. The van der Waals surface area contributed by atoms with Crippen LogP contribution in [0.3, 0.4) is 0 Å². The summed E-state index contributed by atoms with van der Waals surface area (Å²) in [7, 11) is -2.33. The number of carbonyl (C=O) groups excluding carboxylic acids is 1. The molecule has 8 heteroatoms. The number of benzene rings is 1. The van der Waals surface area contributed by atoms with Crippen molar-refractivity contribution in [3.8, 4) is 0 Å². The lowest BCUT2D eigenvalue weighted by Crippen LogP contribution is -2.43. The minimum Gasteiger partial charge on any atom is -0.465 e. The maximum absolute atomic E-state index is 13.4. The van der Waals surface area contributed by atoms with Gasteiger partial charge in [-0.15, -0.1) is 0 Å². The molecule has 0 radical (unpaired) electrons. The van der Waals surface area contributed by atoms with Gasteiger partial charge in [0.2, 0.25) is 10.0 Å². The van der Waals surface area contributed by atoms with Gasteiger partial charge >= 0.3 is 5.97 Å². The number of nitrogens with zero attached hydrogens (tertiary/aromatic N) is 2. The van der Waals surface area contributed by atoms with Gasteiger partial charge in [0.05, 0.1) is 30.8 Å². The fraction of sp³-hybridized carbons (Fsp3) is 0.667. The molecule has 0 unspecified atom stereocenters. The van der Waals surface area contributed by atoms with E-state index in [0.29, 0.717) is 44.0 Å². The number of esters is 1. The van der Waals surface area contributed by atoms with Crippen LogP contribution >= 0.6 is 0 Å². The maximum atomic E-state index is 13.4. The molecule has 0 spiro atoms. The van der Waals surface area contributed by atoms with Crippen LogP contribution in [0.1, 0.15) is 48.5 Å². The lowest BCUT2D eigenvalue weighted by atomic mass is 10.1. The monoisotopic (exact) mass is 426 g/mol. The number of morpholine rings is 1. The van der Waals surface area contributed by atoms with E-state index in [9.17, 15) is 13.2 Å². The molecular weight excluding hydrogens is 392 g/mol. The van der Waals surface area contributed by atoms with Gasteiger partial charge in [0.25, 0.3) is 0 Å². The van der Waals surface area contributed by atoms with E-state index >= 15 is 0 Å². The average molecular weight is 427 g/mol. The summed E-state index contributed by atoms with van der Waals surface area (Å²) in [6, 6.07) is 4.61. The van der Waals surface area contributed by atoms with Crippen LogP contribution in [0.25, 0.3) is 0 Å². The van der Waals surface area contributed by atoms with Gasteiger partial charge in [0.1, 0.15) is 0 Å². The zero-order chi connectivity index (χ0) is 21.3. The summed E-state index contributed by atoms with van der Waals surface area (Å²) in [5.41, 5.74) is 0.907. The number of sulfonamides is 1. The second-order valence-electron chi connectivity index (χ2n) is 7.39. The first-order valence-corrected chi connectivity index (χ1v) is 11.8. The fourth-order valence-corrected chi connectivity index (χ4v) is 5.14. The third-order valence-electron chi connectivity index (χ3n) is 5.24. The van der Waals surface area contributed by atoms with Gasteiger partial charge in [0, 0.05) is 32.7 Å². The number of unbranched alkanes of at least 4 members (excludes halogenated alkanes) is 3. The Balaban J connectivity index is 2.17. The van der Waals surface area contributed by atoms with Crippen LogP contribution in [0.4, 0.5) is 0 Å². The van der Waals surface area contributed by atoms with E-state index in [4.69, 9.17) is 9.47 Å². The number of methoxy groups -OCH3 is 1. The molecule has 1 aliphatic rings. The van der Waals surface area contributed by atoms with Crippen molar-refractivity contribution in [2.75, 3.05) is 53.0 Å². The summed E-state index contributed by atoms with van der Waals surface area (Å²) in [6.45, 7) is 8.55. The molecule has 0 aromatic heterocycles. The van der Waals surface area contributed by atoms with Crippen molar-refractivity contribution < 1.29 is 22.7 Å². The lowest BCUT2D eigenvalue weighted by molar-refractivity contribution is 0.0362. The Labute approximate surface area is 175 Å². The first-order chi connectivity index (χ1) is 13.9. The molecule has 1 aromatic carbocycles. The minimum atomic E-state index is -3.65. The van der Waals surface area contributed by atoms with E-state index in [1.165, 1.54) is 19.2 Å². The van der Waals surface area contributed by atoms with Gasteiger partial charge in [-0.2, -0.15) is 4.31 Å². The minimum absolute atomic E-state index is 0.252. The molecule has 29 heavy (non-hydrogen) atoms. The highest BCUT2D eigenvalue weighted by Gasteiger charge is 2.27. The smallest absolute Gasteiger partial charge is 0.337 e. The van der Waals surface area contributed by atoms with Crippen LogP contribution < -0.4 is 0 Å². The van der Waals surface area contributed by atoms with Crippen molar-refractivity contribution in [1.82, 2.24) is 9.21 Å². The highest BCUT2D eigenvalue weighted by molar-refractivity contribution is 7.89. The molecule has 0 bridgehead atoms. The van der Waals surface area contributed by atoms with E-state index in [2.05, 4.69) is 11.8 Å². The molecule has 1 aliphatic heterocycles. The zero-order valence-electron chi connectivity index (χ0n) is 17.9. The molecular formula is C21H34N2O5S. The summed E-state index contributed by atoms with van der Waals surface area (Å²) >= 11 is 0. The molecule has 1 aromatic rings. The summed E-state index contributed by atoms with van der Waals surface area (Å²) in [5.74, 6) is -0.471. The second-order valence-corrected chi connectivity index (χ2v) is 9.30. The van der Waals surface area contributed by atoms with Crippen molar-refractivity contribution in [3.05, 3.63) is 29.3 Å². The van der Waals surface area contributed by atoms with Crippen molar-refractivity contribution >= 4 is 16.0 Å². The van der Waals surface area contributed by atoms with E-state index in [0.717, 1.165) is 38.8 Å². The molecule has 0 aliphatic carbocycles. The van der Waals surface area contributed by atoms with Gasteiger partial charge in [-0.05, 0) is 37.1 Å². The normalized spacial score (nSPS) is 15.6. The summed E-state index contributed by atoms with van der Waals surface area (Å²) < 4.78 is 38.5. The lowest BCUT2D eigenvalue weighted by Gasteiger charge is -2.30. The largest absolute Gasteiger partial charge is 0.465 e. The van der Waals surface area contributed by atoms with Crippen LogP contribution in [0.15, 0.2) is 23.1 Å². The van der Waals surface area contributed by atoms with E-state index in [-0.39, 0.29) is 4.90 Å². The Bertz CT molecular complexity index is 760. The average Bonchev–Trinajstić information content (AvgIpc) is 2.72. The Kier molecular flexibility index (Phi) is 9.55. The Morgan fingerprint density at radius 3 is 2.52 bits per heavy atom. The van der Waals surface area contributed by atoms with Gasteiger partial charge in [-0.25, -0.2) is 13.2 Å². The van der Waals surface area contributed by atoms with Gasteiger partial charge in [-0.3, -0.25) is 4.90 Å². The third-order valence-corrected chi connectivity index (χ3v) is 7.30. The molecule has 164 valence electrons. The van der Waals surface area contributed by atoms with Crippen LogP contribution in [0.2, 0.25) is 0 Å². The topological polar surface area (TPSA) is 76.2 Å². The number of aryl methyl sites for hydroxylation is 1. The summed E-state index contributed by atoms with van der Waals surface area (Å²) in [6.07, 6.45) is 4.06. The van der Waals surface area contributed by atoms with Crippen molar-refractivity contribution in [3.63, 3.8) is 0 Å². The standard InChI is InChI=1S/C21H34N2O5S/c1-4-5-6-7-10-23(12-11-22-13-15-28-16-14-22)29(25,26)20-9-8-19(17-18(20)2)21(24)27-3/h8-9,17H,4-7,10-16H2,1-3H3. The van der Waals surface area contributed by atoms with Crippen LogP contribution in [0.5, 0.6) is 0 Å². The van der Waals surface area contributed by atoms with Gasteiger partial charge in [0.15, 0.2) is 0 Å². The van der Waals surface area contributed by atoms with Gasteiger partial charge in [-0.1, -0.05) is 26.2 Å². The van der Waals surface area contributed by atoms with E-state index in [1.807, 2.05) is 0 Å². The number of hydrogen-bond donors (Lipinski definition) is 0. The van der Waals surface area contributed by atoms with Crippen molar-refractivity contribution in [2.24, 2.45) is 0 Å². The summed E-state index contributed by atoms with van der Waals surface area (Å²) in [5, 5.41) is 0. The molecule has 1 saturated heterocycles. The highest BCUT2D eigenvalue weighted by Crippen LogP contribution is 2.22. The summed E-state index contributed by atoms with van der Waals surface area (Å²) in [4.78, 5) is 14.2. The number of carbonyl (C=O) groups is 1. The quantitative estimate of drug-likeness (QED) is 0.400. The molecule has 2 rings (SSSR count). The Morgan fingerprint density at radius 1 is 1.17 bits per heavy atom. The fourth-order valence-electron chi connectivity index (χ4n) is 3.47. The molecule has 0 amide bonds. The highest BCUT2D eigenvalue weighted by atomic mass is 32.2. The first-order valence-electron chi connectivity index (χ1n) is 10.4. The molecule has 0 saturated carbocycles. The van der Waals surface area contributed by atoms with E-state index in [1.54, 1.807) is 17.3 Å². The zero-order valence-corrected chi connectivity index (χ0v) is 18.7. The third kappa shape index (κ3) is 6.77. The van der Waals surface area contributed by atoms with Gasteiger partial charge < -0.3 is 9.47 Å². The molecule has 1 fully saturated rings. The predicted molar refractivity (Wildman–Crippen MR) is 113 cm³/mol. The SMILES string of the molecule is CCCCCCN(CCN1CCOCC1)S(=O)(=O)c1ccc(C(=O)OC)cc1C. The second kappa shape index (κ2) is 11.6. The van der Waals surface area contributed by atoms with Crippen LogP contribution in [-0.4, -0.2) is 76.6 Å². The Hall–Kier alpha value is -1.48. The predicted octanol–water partition coefficient (Wildman–Crippen LogP) is 2.68. The van der Waals surface area contributed by atoms with Crippen molar-refractivity contribution in [2.45, 2.75) is 44.4 Å². The number of rotatable bonds is 11. The number of hydrogen-bond acceptors (Lipinski definition) is 6. The van der Waals surface area contributed by atoms with E-state index < -0.39 is 16.0 Å². The first kappa shape index (κ1) is 23.8. The Morgan fingerprint density at radius 2 is 1.90 bits per heavy atom. The molecule has 0 N–H and O–H groups in total. The molecule has 7 nitrogen and oxygen atoms in total. The molecule has 0 atom stereocenters.